The summed E-state index contributed by atoms with van der Waals surface area (Å²) in [6, 6.07) is 0. The average Bonchev–Trinajstić information content (AvgIpc) is 2.62. The molecule has 88 valence electrons. The first-order valence-corrected chi connectivity index (χ1v) is 5.97. The zero-order valence-corrected chi connectivity index (χ0v) is 10.2. The molecule has 0 unspecified atom stereocenters. The highest BCUT2D eigenvalue weighted by atomic mass is 16.2. The van der Waals surface area contributed by atoms with Crippen molar-refractivity contribution in [3.05, 3.63) is 0 Å². The number of carbonyl (C=O) groups is 1. The predicted molar refractivity (Wildman–Crippen MR) is 62.5 cm³/mol. The molecule has 1 rings (SSSR count). The molecule has 0 radical (unpaired) electrons. The number of nitrogens with one attached hydrogen (secondary N) is 1. The summed E-state index contributed by atoms with van der Waals surface area (Å²) in [5.74, 6) is -0.0396. The molecule has 1 amide bonds. The number of rotatable bonds is 4. The van der Waals surface area contributed by atoms with Gasteiger partial charge in [-0.3, -0.25) is 4.79 Å². The van der Waals surface area contributed by atoms with E-state index < -0.39 is 5.54 Å². The van der Waals surface area contributed by atoms with Crippen molar-refractivity contribution >= 4 is 5.91 Å². The fraction of sp³-hybridized carbons (Fsp3) is 0.917. The molecule has 15 heavy (non-hydrogen) atoms. The second kappa shape index (κ2) is 4.52. The Kier molecular flexibility index (Phi) is 3.77. The maximum atomic E-state index is 11.6. The van der Waals surface area contributed by atoms with Gasteiger partial charge in [-0.25, -0.2) is 0 Å². The first kappa shape index (κ1) is 12.5. The van der Waals surface area contributed by atoms with E-state index in [9.17, 15) is 4.79 Å². The van der Waals surface area contributed by atoms with E-state index in [0.717, 1.165) is 13.0 Å². The van der Waals surface area contributed by atoms with Crippen LogP contribution >= 0.6 is 0 Å². The molecule has 0 aromatic rings. The van der Waals surface area contributed by atoms with E-state index in [1.165, 1.54) is 25.7 Å². The van der Waals surface area contributed by atoms with E-state index in [1.807, 2.05) is 0 Å². The normalized spacial score (nSPS) is 20.3. The number of amides is 1. The molecular weight excluding hydrogens is 188 g/mol. The monoisotopic (exact) mass is 212 g/mol. The van der Waals surface area contributed by atoms with Crippen LogP contribution in [0, 0.1) is 5.41 Å². The Morgan fingerprint density at radius 3 is 2.33 bits per heavy atom. The Morgan fingerprint density at radius 1 is 1.40 bits per heavy atom. The van der Waals surface area contributed by atoms with Gasteiger partial charge >= 0.3 is 0 Å². The highest BCUT2D eigenvalue weighted by Crippen LogP contribution is 2.40. The van der Waals surface area contributed by atoms with Gasteiger partial charge in [-0.05, 0) is 38.5 Å². The fourth-order valence-corrected chi connectivity index (χ4v) is 2.28. The fourth-order valence-electron chi connectivity index (χ4n) is 2.28. The molecule has 3 nitrogen and oxygen atoms in total. The van der Waals surface area contributed by atoms with Gasteiger partial charge in [-0.15, -0.1) is 0 Å². The van der Waals surface area contributed by atoms with Crippen molar-refractivity contribution in [3.63, 3.8) is 0 Å². The van der Waals surface area contributed by atoms with Gasteiger partial charge in [0.05, 0.1) is 5.54 Å². The molecule has 0 heterocycles. The van der Waals surface area contributed by atoms with Crippen molar-refractivity contribution in [1.82, 2.24) is 5.32 Å². The second-order valence-electron chi connectivity index (χ2n) is 5.47. The van der Waals surface area contributed by atoms with Crippen molar-refractivity contribution in [2.75, 3.05) is 6.54 Å². The van der Waals surface area contributed by atoms with E-state index >= 15 is 0 Å². The number of nitrogens with two attached hydrogens (primary N) is 1. The van der Waals surface area contributed by atoms with Gasteiger partial charge < -0.3 is 11.1 Å². The van der Waals surface area contributed by atoms with Crippen LogP contribution in [-0.2, 0) is 4.79 Å². The summed E-state index contributed by atoms with van der Waals surface area (Å²) in [5, 5.41) is 2.99. The molecule has 0 bridgehead atoms. The maximum absolute atomic E-state index is 11.6. The number of hydrogen-bond acceptors (Lipinski definition) is 2. The zero-order valence-electron chi connectivity index (χ0n) is 10.2. The van der Waals surface area contributed by atoms with Crippen molar-refractivity contribution in [3.8, 4) is 0 Å². The van der Waals surface area contributed by atoms with Gasteiger partial charge in [0.1, 0.15) is 0 Å². The van der Waals surface area contributed by atoms with Crippen LogP contribution in [0.5, 0.6) is 0 Å². The number of carbonyl (C=O) groups excluding carboxylic acids is 1. The molecule has 1 fully saturated rings. The molecule has 1 saturated carbocycles. The molecule has 1 aliphatic carbocycles. The number of hydrogen-bond donors (Lipinski definition) is 2. The van der Waals surface area contributed by atoms with Crippen LogP contribution in [0.3, 0.4) is 0 Å². The molecule has 0 aromatic carbocycles. The smallest absolute Gasteiger partial charge is 0.239 e. The lowest BCUT2D eigenvalue weighted by atomic mass is 9.83. The lowest BCUT2D eigenvalue weighted by Gasteiger charge is -2.29. The first-order valence-electron chi connectivity index (χ1n) is 5.97. The van der Waals surface area contributed by atoms with E-state index in [1.54, 1.807) is 13.8 Å². The molecule has 1 aliphatic rings. The summed E-state index contributed by atoms with van der Waals surface area (Å²) in [6.07, 6.45) is 6.24. The molecule has 0 spiro atoms. The van der Waals surface area contributed by atoms with E-state index in [2.05, 4.69) is 12.2 Å². The standard InChI is InChI=1S/C12H24N2O/c1-4-12(7-5-6-8-12)9-14-10(15)11(2,3)13/h4-9,13H2,1-3H3,(H,14,15). The van der Waals surface area contributed by atoms with Crippen LogP contribution in [-0.4, -0.2) is 18.0 Å². The van der Waals surface area contributed by atoms with Crippen LogP contribution in [0.15, 0.2) is 0 Å². The highest BCUT2D eigenvalue weighted by Gasteiger charge is 2.33. The molecule has 0 aromatic heterocycles. The van der Waals surface area contributed by atoms with E-state index in [4.69, 9.17) is 5.73 Å². The van der Waals surface area contributed by atoms with E-state index in [-0.39, 0.29) is 5.91 Å². The van der Waals surface area contributed by atoms with Gasteiger partial charge in [0, 0.05) is 6.54 Å². The third-order valence-electron chi connectivity index (χ3n) is 3.62. The lowest BCUT2D eigenvalue weighted by Crippen LogP contribution is -2.51. The van der Waals surface area contributed by atoms with Crippen molar-refractivity contribution in [1.29, 1.82) is 0 Å². The Bertz CT molecular complexity index is 224. The Morgan fingerprint density at radius 2 is 1.93 bits per heavy atom. The van der Waals surface area contributed by atoms with Crippen molar-refractivity contribution in [2.24, 2.45) is 11.1 Å². The van der Waals surface area contributed by atoms with Gasteiger partial charge in [0.2, 0.25) is 5.91 Å². The van der Waals surface area contributed by atoms with Crippen molar-refractivity contribution in [2.45, 2.75) is 58.4 Å². The minimum absolute atomic E-state index is 0.0396. The molecule has 0 saturated heterocycles. The van der Waals surface area contributed by atoms with Crippen LogP contribution in [0.4, 0.5) is 0 Å². The molecule has 0 aliphatic heterocycles. The summed E-state index contributed by atoms with van der Waals surface area (Å²) < 4.78 is 0. The van der Waals surface area contributed by atoms with Crippen LogP contribution in [0.2, 0.25) is 0 Å². The van der Waals surface area contributed by atoms with Gasteiger partial charge in [-0.2, -0.15) is 0 Å². The van der Waals surface area contributed by atoms with Crippen LogP contribution in [0.25, 0.3) is 0 Å². The molecule has 3 heteroatoms. The molecular formula is C12H24N2O. The van der Waals surface area contributed by atoms with Crippen LogP contribution in [0.1, 0.15) is 52.9 Å². The van der Waals surface area contributed by atoms with Gasteiger partial charge in [0.15, 0.2) is 0 Å². The average molecular weight is 212 g/mol. The Labute approximate surface area is 92.8 Å². The van der Waals surface area contributed by atoms with Gasteiger partial charge in [0.25, 0.3) is 0 Å². The quantitative estimate of drug-likeness (QED) is 0.746. The van der Waals surface area contributed by atoms with Crippen molar-refractivity contribution < 1.29 is 4.79 Å². The third kappa shape index (κ3) is 3.20. The SMILES string of the molecule is CCC1(CNC(=O)C(C)(C)N)CCCC1. The third-order valence-corrected chi connectivity index (χ3v) is 3.62. The first-order chi connectivity index (χ1) is 6.90. The minimum Gasteiger partial charge on any atom is -0.354 e. The second-order valence-corrected chi connectivity index (χ2v) is 5.47. The maximum Gasteiger partial charge on any atom is 0.239 e. The van der Waals surface area contributed by atoms with Gasteiger partial charge in [-0.1, -0.05) is 19.8 Å². The largest absolute Gasteiger partial charge is 0.354 e. The predicted octanol–water partition coefficient (Wildman–Crippen LogP) is 1.81. The minimum atomic E-state index is -0.756. The summed E-state index contributed by atoms with van der Waals surface area (Å²) >= 11 is 0. The van der Waals surface area contributed by atoms with E-state index in [0.29, 0.717) is 5.41 Å². The Hall–Kier alpha value is -0.570. The summed E-state index contributed by atoms with van der Waals surface area (Å²) in [7, 11) is 0. The van der Waals surface area contributed by atoms with Crippen LogP contribution < -0.4 is 11.1 Å². The summed E-state index contributed by atoms with van der Waals surface area (Å²) in [6.45, 7) is 6.50. The summed E-state index contributed by atoms with van der Waals surface area (Å²) in [5.41, 5.74) is 5.33. The summed E-state index contributed by atoms with van der Waals surface area (Å²) in [4.78, 5) is 11.6. The lowest BCUT2D eigenvalue weighted by molar-refractivity contribution is -0.125. The zero-order chi connectivity index (χ0) is 11.5. The molecule has 3 N–H and O–H groups in total. The topological polar surface area (TPSA) is 55.1 Å². The Balaban J connectivity index is 2.45. The molecule has 0 atom stereocenters. The highest BCUT2D eigenvalue weighted by molar-refractivity contribution is 5.85.